The fraction of sp³-hybridized carbons (Fsp3) is 0.692. The SMILES string of the molecule is C=CC(CCCCC)C(C(C)=O)C(=O)OC. The molecule has 0 aliphatic rings. The van der Waals surface area contributed by atoms with Gasteiger partial charge in [0.1, 0.15) is 11.7 Å². The number of allylic oxidation sites excluding steroid dienone is 1. The Morgan fingerprint density at radius 1 is 1.38 bits per heavy atom. The van der Waals surface area contributed by atoms with Crippen molar-refractivity contribution in [3.05, 3.63) is 12.7 Å². The topological polar surface area (TPSA) is 43.4 Å². The van der Waals surface area contributed by atoms with Crippen molar-refractivity contribution in [1.82, 2.24) is 0 Å². The molecule has 0 aromatic rings. The smallest absolute Gasteiger partial charge is 0.316 e. The van der Waals surface area contributed by atoms with E-state index in [1.807, 2.05) is 0 Å². The Morgan fingerprint density at radius 2 is 2.00 bits per heavy atom. The van der Waals surface area contributed by atoms with Gasteiger partial charge in [-0.05, 0) is 19.3 Å². The molecule has 0 aliphatic carbocycles. The molecule has 0 saturated carbocycles. The molecule has 3 heteroatoms. The molecule has 0 fully saturated rings. The molecule has 16 heavy (non-hydrogen) atoms. The van der Waals surface area contributed by atoms with Crippen molar-refractivity contribution >= 4 is 11.8 Å². The third-order valence-electron chi connectivity index (χ3n) is 2.77. The van der Waals surface area contributed by atoms with Gasteiger partial charge in [-0.1, -0.05) is 32.3 Å². The van der Waals surface area contributed by atoms with Gasteiger partial charge in [-0.2, -0.15) is 0 Å². The Hall–Kier alpha value is -1.12. The van der Waals surface area contributed by atoms with E-state index in [1.54, 1.807) is 6.08 Å². The normalized spacial score (nSPS) is 13.9. The minimum atomic E-state index is -0.681. The molecule has 92 valence electrons. The predicted octanol–water partition coefficient (Wildman–Crippen LogP) is 2.75. The molecule has 0 heterocycles. The Balaban J connectivity index is 4.52. The molecule has 0 aliphatic heterocycles. The number of rotatable bonds is 8. The summed E-state index contributed by atoms with van der Waals surface area (Å²) in [7, 11) is 1.31. The maximum Gasteiger partial charge on any atom is 0.316 e. The molecular weight excluding hydrogens is 204 g/mol. The van der Waals surface area contributed by atoms with Crippen LogP contribution in [0.3, 0.4) is 0 Å². The number of carbonyl (C=O) groups is 2. The number of ketones is 1. The maximum atomic E-state index is 11.5. The van der Waals surface area contributed by atoms with Crippen molar-refractivity contribution in [2.45, 2.75) is 39.5 Å². The largest absolute Gasteiger partial charge is 0.468 e. The number of hydrogen-bond acceptors (Lipinski definition) is 3. The fourth-order valence-electron chi connectivity index (χ4n) is 1.82. The molecule has 0 amide bonds. The van der Waals surface area contributed by atoms with Gasteiger partial charge in [0.25, 0.3) is 0 Å². The number of carbonyl (C=O) groups excluding carboxylic acids is 2. The number of hydrogen-bond donors (Lipinski definition) is 0. The number of esters is 1. The van der Waals surface area contributed by atoms with E-state index in [1.165, 1.54) is 14.0 Å². The second-order valence-electron chi connectivity index (χ2n) is 4.01. The van der Waals surface area contributed by atoms with Gasteiger partial charge in [-0.3, -0.25) is 9.59 Å². The highest BCUT2D eigenvalue weighted by atomic mass is 16.5. The summed E-state index contributed by atoms with van der Waals surface area (Å²) in [6.45, 7) is 7.24. The van der Waals surface area contributed by atoms with Crippen molar-refractivity contribution in [1.29, 1.82) is 0 Å². The first-order valence-corrected chi connectivity index (χ1v) is 5.79. The number of Topliss-reactive ketones (excluding diaryl/α,β-unsaturated/α-hetero) is 1. The molecule has 0 radical (unpaired) electrons. The highest BCUT2D eigenvalue weighted by molar-refractivity contribution is 5.98. The van der Waals surface area contributed by atoms with Crippen molar-refractivity contribution < 1.29 is 14.3 Å². The summed E-state index contributed by atoms with van der Waals surface area (Å²) >= 11 is 0. The van der Waals surface area contributed by atoms with E-state index < -0.39 is 11.9 Å². The van der Waals surface area contributed by atoms with Crippen LogP contribution in [0, 0.1) is 11.8 Å². The summed E-state index contributed by atoms with van der Waals surface area (Å²) in [4.78, 5) is 22.9. The molecule has 0 N–H and O–H groups in total. The molecule has 0 aromatic carbocycles. The van der Waals surface area contributed by atoms with E-state index in [9.17, 15) is 9.59 Å². The Bertz CT molecular complexity index is 246. The number of unbranched alkanes of at least 4 members (excludes halogenated alkanes) is 2. The monoisotopic (exact) mass is 226 g/mol. The van der Waals surface area contributed by atoms with Crippen molar-refractivity contribution in [3.63, 3.8) is 0 Å². The van der Waals surface area contributed by atoms with Crippen LogP contribution in [-0.2, 0) is 14.3 Å². The lowest BCUT2D eigenvalue weighted by molar-refractivity contribution is -0.150. The van der Waals surface area contributed by atoms with Gasteiger partial charge in [-0.15, -0.1) is 6.58 Å². The summed E-state index contributed by atoms with van der Waals surface area (Å²) in [6.07, 6.45) is 5.74. The molecule has 0 aromatic heterocycles. The number of ether oxygens (including phenoxy) is 1. The summed E-state index contributed by atoms with van der Waals surface area (Å²) in [5, 5.41) is 0. The molecule has 2 atom stereocenters. The molecule has 3 nitrogen and oxygen atoms in total. The van der Waals surface area contributed by atoms with Crippen LogP contribution >= 0.6 is 0 Å². The van der Waals surface area contributed by atoms with Crippen LogP contribution < -0.4 is 0 Å². The van der Waals surface area contributed by atoms with E-state index in [-0.39, 0.29) is 11.7 Å². The van der Waals surface area contributed by atoms with E-state index >= 15 is 0 Å². The van der Waals surface area contributed by atoms with E-state index in [4.69, 9.17) is 0 Å². The maximum absolute atomic E-state index is 11.5. The van der Waals surface area contributed by atoms with Gasteiger partial charge in [0, 0.05) is 0 Å². The quantitative estimate of drug-likeness (QED) is 0.276. The van der Waals surface area contributed by atoms with E-state index in [2.05, 4.69) is 18.2 Å². The predicted molar refractivity (Wildman–Crippen MR) is 64.0 cm³/mol. The lowest BCUT2D eigenvalue weighted by Crippen LogP contribution is -2.30. The first kappa shape index (κ1) is 14.9. The fourth-order valence-corrected chi connectivity index (χ4v) is 1.82. The molecule has 0 saturated heterocycles. The molecule has 2 unspecified atom stereocenters. The summed E-state index contributed by atoms with van der Waals surface area (Å²) < 4.78 is 4.66. The molecular formula is C13H22O3. The van der Waals surface area contributed by atoms with Crippen molar-refractivity contribution in [3.8, 4) is 0 Å². The number of methoxy groups -OCH3 is 1. The standard InChI is InChI=1S/C13H22O3/c1-5-7-8-9-11(6-2)12(10(3)14)13(15)16-4/h6,11-12H,2,5,7-9H2,1,3-4H3. The van der Waals surface area contributed by atoms with E-state index in [0.29, 0.717) is 0 Å². The van der Waals surface area contributed by atoms with Gasteiger partial charge in [-0.25, -0.2) is 0 Å². The molecule has 0 rings (SSSR count). The van der Waals surface area contributed by atoms with Gasteiger partial charge >= 0.3 is 5.97 Å². The third kappa shape index (κ3) is 4.60. The van der Waals surface area contributed by atoms with Gasteiger partial charge < -0.3 is 4.74 Å². The third-order valence-corrected chi connectivity index (χ3v) is 2.77. The minimum absolute atomic E-state index is 0.100. The van der Waals surface area contributed by atoms with Crippen LogP contribution in [0.5, 0.6) is 0 Å². The zero-order chi connectivity index (χ0) is 12.6. The van der Waals surface area contributed by atoms with Crippen LogP contribution in [0.15, 0.2) is 12.7 Å². The summed E-state index contributed by atoms with van der Waals surface area (Å²) in [6, 6.07) is 0. The average molecular weight is 226 g/mol. The van der Waals surface area contributed by atoms with Gasteiger partial charge in [0.05, 0.1) is 7.11 Å². The first-order valence-electron chi connectivity index (χ1n) is 5.79. The minimum Gasteiger partial charge on any atom is -0.468 e. The van der Waals surface area contributed by atoms with Crippen LogP contribution in [0.25, 0.3) is 0 Å². The van der Waals surface area contributed by atoms with Gasteiger partial charge in [0.15, 0.2) is 0 Å². The Morgan fingerprint density at radius 3 is 2.38 bits per heavy atom. The lowest BCUT2D eigenvalue weighted by Gasteiger charge is -2.19. The first-order chi connectivity index (χ1) is 7.58. The summed E-state index contributed by atoms with van der Waals surface area (Å²) in [5.74, 6) is -1.38. The Labute approximate surface area is 97.9 Å². The van der Waals surface area contributed by atoms with Crippen LogP contribution in [0.1, 0.15) is 39.5 Å². The van der Waals surface area contributed by atoms with Crippen LogP contribution in [0.2, 0.25) is 0 Å². The molecule has 0 bridgehead atoms. The van der Waals surface area contributed by atoms with Crippen molar-refractivity contribution in [2.24, 2.45) is 11.8 Å². The van der Waals surface area contributed by atoms with Gasteiger partial charge in [0.2, 0.25) is 0 Å². The highest BCUT2D eigenvalue weighted by Crippen LogP contribution is 2.22. The zero-order valence-electron chi connectivity index (χ0n) is 10.5. The summed E-state index contributed by atoms with van der Waals surface area (Å²) in [5.41, 5.74) is 0. The van der Waals surface area contributed by atoms with Crippen molar-refractivity contribution in [2.75, 3.05) is 7.11 Å². The van der Waals surface area contributed by atoms with E-state index in [0.717, 1.165) is 25.7 Å². The lowest BCUT2D eigenvalue weighted by atomic mass is 9.85. The second kappa shape index (κ2) is 8.08. The Kier molecular flexibility index (Phi) is 7.52. The van der Waals surface area contributed by atoms with Crippen LogP contribution in [0.4, 0.5) is 0 Å². The molecule has 0 spiro atoms. The second-order valence-corrected chi connectivity index (χ2v) is 4.01. The average Bonchev–Trinajstić information content (AvgIpc) is 2.26. The zero-order valence-corrected chi connectivity index (χ0v) is 10.5. The highest BCUT2D eigenvalue weighted by Gasteiger charge is 2.30. The van der Waals surface area contributed by atoms with Crippen LogP contribution in [-0.4, -0.2) is 18.9 Å².